The van der Waals surface area contributed by atoms with Crippen LogP contribution in [0.1, 0.15) is 24.8 Å². The number of rotatable bonds is 4. The van der Waals surface area contributed by atoms with Gasteiger partial charge in [-0.2, -0.15) is 5.26 Å². The molecule has 3 nitrogen and oxygen atoms in total. The Kier molecular flexibility index (Phi) is 4.41. The molecule has 0 spiro atoms. The maximum Gasteiger partial charge on any atom is 0.103 e. The number of nitriles is 1. The first-order chi connectivity index (χ1) is 8.31. The molecule has 1 heterocycles. The quantitative estimate of drug-likeness (QED) is 0.927. The summed E-state index contributed by atoms with van der Waals surface area (Å²) in [5.74, 6) is 0. The fourth-order valence-corrected chi connectivity index (χ4v) is 2.48. The molecule has 1 aliphatic heterocycles. The van der Waals surface area contributed by atoms with E-state index in [1.165, 1.54) is 6.42 Å². The minimum Gasteiger partial charge on any atom is -0.384 e. The molecule has 0 aromatic heterocycles. The first-order valence-electron chi connectivity index (χ1n) is 5.85. The van der Waals surface area contributed by atoms with Crippen molar-refractivity contribution in [3.05, 3.63) is 28.2 Å². The fourth-order valence-electron chi connectivity index (χ4n) is 2.02. The Morgan fingerprint density at radius 3 is 3.12 bits per heavy atom. The highest BCUT2D eigenvalue weighted by atomic mass is 79.9. The Morgan fingerprint density at radius 1 is 1.53 bits per heavy atom. The molecule has 90 valence electrons. The van der Waals surface area contributed by atoms with Gasteiger partial charge in [-0.3, -0.25) is 0 Å². The van der Waals surface area contributed by atoms with Crippen molar-refractivity contribution >= 4 is 21.6 Å². The number of nitrogens with zero attached hydrogens (tertiary/aromatic N) is 1. The van der Waals surface area contributed by atoms with E-state index in [9.17, 15) is 0 Å². The topological polar surface area (TPSA) is 45.0 Å². The number of halogens is 1. The lowest BCUT2D eigenvalue weighted by molar-refractivity contribution is 0.107. The summed E-state index contributed by atoms with van der Waals surface area (Å²) >= 11 is 3.38. The van der Waals surface area contributed by atoms with Crippen molar-refractivity contribution in [2.75, 3.05) is 18.5 Å². The second-order valence-electron chi connectivity index (χ2n) is 4.12. The Balaban J connectivity index is 1.90. The van der Waals surface area contributed by atoms with Gasteiger partial charge in [0.25, 0.3) is 0 Å². The normalized spacial score (nSPS) is 18.9. The third-order valence-electron chi connectivity index (χ3n) is 2.93. The number of anilines is 1. The molecule has 1 N–H and O–H groups in total. The minimum atomic E-state index is 0.389. The first kappa shape index (κ1) is 12.4. The second-order valence-corrected chi connectivity index (χ2v) is 4.98. The summed E-state index contributed by atoms with van der Waals surface area (Å²) in [6, 6.07) is 7.94. The van der Waals surface area contributed by atoms with Gasteiger partial charge in [-0.15, -0.1) is 0 Å². The average molecular weight is 295 g/mol. The molecule has 0 radical (unpaired) electrons. The summed E-state index contributed by atoms with van der Waals surface area (Å²) in [6.45, 7) is 1.74. The van der Waals surface area contributed by atoms with Gasteiger partial charge in [0.2, 0.25) is 0 Å². The molecule has 1 aliphatic rings. The molecule has 1 aromatic carbocycles. The zero-order chi connectivity index (χ0) is 12.1. The van der Waals surface area contributed by atoms with E-state index >= 15 is 0 Å². The monoisotopic (exact) mass is 294 g/mol. The van der Waals surface area contributed by atoms with Crippen LogP contribution in [0.4, 0.5) is 5.69 Å². The second kappa shape index (κ2) is 6.04. The summed E-state index contributed by atoms with van der Waals surface area (Å²) in [6.07, 6.45) is 3.72. The lowest BCUT2D eigenvalue weighted by Crippen LogP contribution is -2.13. The molecular weight excluding hydrogens is 280 g/mol. The van der Waals surface area contributed by atoms with Gasteiger partial charge in [0.1, 0.15) is 6.07 Å². The van der Waals surface area contributed by atoms with Crippen molar-refractivity contribution < 1.29 is 4.74 Å². The standard InChI is InChI=1S/C13H15BrN2O/c14-12-4-1-5-13(11(12)9-15)16-7-6-10-3-2-8-17-10/h1,4-5,10,16H,2-3,6-8H2. The summed E-state index contributed by atoms with van der Waals surface area (Å²) in [4.78, 5) is 0. The molecule has 0 aliphatic carbocycles. The number of nitrogens with one attached hydrogen (secondary N) is 1. The summed E-state index contributed by atoms with van der Waals surface area (Å²) in [5, 5.41) is 12.4. The van der Waals surface area contributed by atoms with Gasteiger partial charge < -0.3 is 10.1 Å². The van der Waals surface area contributed by atoms with Crippen LogP contribution in [0.5, 0.6) is 0 Å². The van der Waals surface area contributed by atoms with Gasteiger partial charge >= 0.3 is 0 Å². The highest BCUT2D eigenvalue weighted by Gasteiger charge is 2.15. The highest BCUT2D eigenvalue weighted by molar-refractivity contribution is 9.10. The lowest BCUT2D eigenvalue weighted by atomic mass is 10.1. The van der Waals surface area contributed by atoms with Gasteiger partial charge in [0.15, 0.2) is 0 Å². The predicted octanol–water partition coefficient (Wildman–Crippen LogP) is 3.30. The van der Waals surface area contributed by atoms with Gasteiger partial charge in [-0.1, -0.05) is 6.07 Å². The van der Waals surface area contributed by atoms with Crippen LogP contribution in [-0.4, -0.2) is 19.3 Å². The Bertz CT molecular complexity index is 422. The zero-order valence-corrected chi connectivity index (χ0v) is 11.2. The smallest absolute Gasteiger partial charge is 0.103 e. The van der Waals surface area contributed by atoms with Crippen molar-refractivity contribution in [2.45, 2.75) is 25.4 Å². The van der Waals surface area contributed by atoms with Crippen LogP contribution in [0.3, 0.4) is 0 Å². The van der Waals surface area contributed by atoms with E-state index in [0.717, 1.165) is 36.2 Å². The van der Waals surface area contributed by atoms with Gasteiger partial charge in [-0.25, -0.2) is 0 Å². The minimum absolute atomic E-state index is 0.389. The number of hydrogen-bond donors (Lipinski definition) is 1. The molecule has 0 amide bonds. The molecule has 1 unspecified atom stereocenters. The zero-order valence-electron chi connectivity index (χ0n) is 9.58. The molecule has 1 aromatic rings. The summed E-state index contributed by atoms with van der Waals surface area (Å²) in [5.41, 5.74) is 1.56. The molecule has 1 fully saturated rings. The van der Waals surface area contributed by atoms with E-state index in [-0.39, 0.29) is 0 Å². The van der Waals surface area contributed by atoms with Gasteiger partial charge in [0.05, 0.1) is 17.4 Å². The molecule has 0 saturated carbocycles. The molecule has 1 saturated heterocycles. The van der Waals surface area contributed by atoms with E-state index in [0.29, 0.717) is 11.7 Å². The van der Waals surface area contributed by atoms with E-state index in [2.05, 4.69) is 27.3 Å². The van der Waals surface area contributed by atoms with Crippen molar-refractivity contribution in [3.63, 3.8) is 0 Å². The van der Waals surface area contributed by atoms with Crippen molar-refractivity contribution in [3.8, 4) is 6.07 Å². The number of benzene rings is 1. The molecule has 4 heteroatoms. The maximum absolute atomic E-state index is 9.07. The third-order valence-corrected chi connectivity index (χ3v) is 3.59. The molecule has 0 bridgehead atoms. The SMILES string of the molecule is N#Cc1c(Br)cccc1NCCC1CCCO1. The van der Waals surface area contributed by atoms with E-state index < -0.39 is 0 Å². The summed E-state index contributed by atoms with van der Waals surface area (Å²) < 4.78 is 6.39. The van der Waals surface area contributed by atoms with E-state index in [4.69, 9.17) is 10.00 Å². The first-order valence-corrected chi connectivity index (χ1v) is 6.64. The lowest BCUT2D eigenvalue weighted by Gasteiger charge is -2.12. The average Bonchev–Trinajstić information content (AvgIpc) is 2.82. The number of ether oxygens (including phenoxy) is 1. The van der Waals surface area contributed by atoms with Crippen molar-refractivity contribution in [1.29, 1.82) is 5.26 Å². The number of hydrogen-bond acceptors (Lipinski definition) is 3. The van der Waals surface area contributed by atoms with E-state index in [1.807, 2.05) is 18.2 Å². The molecule has 1 atom stereocenters. The van der Waals surface area contributed by atoms with Crippen LogP contribution in [-0.2, 0) is 4.74 Å². The van der Waals surface area contributed by atoms with Crippen LogP contribution >= 0.6 is 15.9 Å². The Hall–Kier alpha value is -1.05. The van der Waals surface area contributed by atoms with Crippen molar-refractivity contribution in [2.24, 2.45) is 0 Å². The van der Waals surface area contributed by atoms with Crippen LogP contribution in [0.2, 0.25) is 0 Å². The van der Waals surface area contributed by atoms with Crippen LogP contribution in [0.25, 0.3) is 0 Å². The maximum atomic E-state index is 9.07. The Morgan fingerprint density at radius 2 is 2.41 bits per heavy atom. The molecule has 2 rings (SSSR count). The fraction of sp³-hybridized carbons (Fsp3) is 0.462. The third kappa shape index (κ3) is 3.21. The van der Waals surface area contributed by atoms with Gasteiger partial charge in [-0.05, 0) is 47.3 Å². The summed E-state index contributed by atoms with van der Waals surface area (Å²) in [7, 11) is 0. The van der Waals surface area contributed by atoms with Gasteiger partial charge in [0, 0.05) is 17.6 Å². The van der Waals surface area contributed by atoms with Crippen molar-refractivity contribution in [1.82, 2.24) is 0 Å². The molecular formula is C13H15BrN2O. The van der Waals surface area contributed by atoms with Crippen LogP contribution in [0.15, 0.2) is 22.7 Å². The Labute approximate surface area is 110 Å². The van der Waals surface area contributed by atoms with Crippen LogP contribution < -0.4 is 5.32 Å². The van der Waals surface area contributed by atoms with Crippen LogP contribution in [0, 0.1) is 11.3 Å². The largest absolute Gasteiger partial charge is 0.384 e. The predicted molar refractivity (Wildman–Crippen MR) is 70.9 cm³/mol. The highest BCUT2D eigenvalue weighted by Crippen LogP contribution is 2.24. The van der Waals surface area contributed by atoms with E-state index in [1.54, 1.807) is 0 Å². The molecule has 17 heavy (non-hydrogen) atoms.